The van der Waals surface area contributed by atoms with Crippen molar-refractivity contribution in [3.8, 4) is 11.5 Å². The molecule has 3 aliphatic carbocycles. The minimum Gasteiger partial charge on any atom is -0.504 e. The van der Waals surface area contributed by atoms with Crippen molar-refractivity contribution in [3.63, 3.8) is 0 Å². The highest BCUT2D eigenvalue weighted by atomic mass is 16.5. The van der Waals surface area contributed by atoms with Crippen molar-refractivity contribution in [2.75, 3.05) is 13.1 Å². The minimum absolute atomic E-state index is 0.0809. The molecular formula is C29H32N2O3. The van der Waals surface area contributed by atoms with Gasteiger partial charge in [0.2, 0.25) is 0 Å². The topological polar surface area (TPSA) is 57.9 Å². The summed E-state index contributed by atoms with van der Waals surface area (Å²) >= 11 is 0. The molecule has 2 aromatic carbocycles. The van der Waals surface area contributed by atoms with Gasteiger partial charge in [-0.1, -0.05) is 31.2 Å². The third-order valence-electron chi connectivity index (χ3n) is 9.78. The van der Waals surface area contributed by atoms with E-state index in [-0.39, 0.29) is 17.9 Å². The zero-order valence-corrected chi connectivity index (χ0v) is 19.8. The lowest BCUT2D eigenvalue weighted by Gasteiger charge is -2.63. The molecule has 34 heavy (non-hydrogen) atoms. The van der Waals surface area contributed by atoms with Crippen molar-refractivity contribution in [3.05, 3.63) is 58.8 Å². The Morgan fingerprint density at radius 3 is 2.82 bits per heavy atom. The summed E-state index contributed by atoms with van der Waals surface area (Å²) in [5.74, 6) is 1.62. The smallest absolute Gasteiger partial charge is 0.166 e. The monoisotopic (exact) mass is 456 g/mol. The molecule has 5 aliphatic rings. The molecule has 3 heterocycles. The molecule has 0 unspecified atom stereocenters. The molecule has 1 spiro atoms. The quantitative estimate of drug-likeness (QED) is 0.609. The largest absolute Gasteiger partial charge is 0.504 e. The highest BCUT2D eigenvalue weighted by Gasteiger charge is 2.73. The number of aryl methyl sites for hydroxylation is 1. The number of benzene rings is 2. The van der Waals surface area contributed by atoms with Gasteiger partial charge in [0.15, 0.2) is 17.6 Å². The van der Waals surface area contributed by atoms with Gasteiger partial charge >= 0.3 is 0 Å². The van der Waals surface area contributed by atoms with E-state index in [9.17, 15) is 10.2 Å². The number of phenolic OH excluding ortho intramolecular Hbond substituents is 1. The van der Waals surface area contributed by atoms with E-state index in [2.05, 4.69) is 46.7 Å². The van der Waals surface area contributed by atoms with E-state index in [1.807, 2.05) is 0 Å². The van der Waals surface area contributed by atoms with Crippen LogP contribution in [0.4, 0.5) is 0 Å². The summed E-state index contributed by atoms with van der Waals surface area (Å²) in [4.78, 5) is 2.60. The molecule has 0 radical (unpaired) electrons. The normalized spacial score (nSPS) is 33.0. The molecule has 2 fully saturated rings. The number of aliphatic hydroxyl groups is 1. The Morgan fingerprint density at radius 1 is 1.15 bits per heavy atom. The van der Waals surface area contributed by atoms with E-state index in [4.69, 9.17) is 4.74 Å². The summed E-state index contributed by atoms with van der Waals surface area (Å²) in [6.45, 7) is 5.23. The summed E-state index contributed by atoms with van der Waals surface area (Å²) in [5, 5.41) is 25.1. The Kier molecular flexibility index (Phi) is 3.71. The second-order valence-electron chi connectivity index (χ2n) is 11.5. The van der Waals surface area contributed by atoms with Crippen LogP contribution in [0.1, 0.15) is 61.1 Å². The van der Waals surface area contributed by atoms with Crippen molar-refractivity contribution in [2.24, 2.45) is 5.92 Å². The molecule has 5 nitrogen and oxygen atoms in total. The number of phenols is 1. The van der Waals surface area contributed by atoms with Crippen LogP contribution in [-0.4, -0.2) is 44.4 Å². The molecular weight excluding hydrogens is 424 g/mol. The Morgan fingerprint density at radius 2 is 2.00 bits per heavy atom. The fraction of sp³-hybridized carbons (Fsp3) is 0.517. The maximum atomic E-state index is 12.9. The molecule has 8 rings (SSSR count). The number of rotatable bonds is 4. The van der Waals surface area contributed by atoms with Crippen LogP contribution in [-0.2, 0) is 24.8 Å². The number of nitrogens with zero attached hydrogens (tertiary/aromatic N) is 2. The van der Waals surface area contributed by atoms with E-state index >= 15 is 0 Å². The fourth-order valence-corrected chi connectivity index (χ4v) is 8.27. The first-order chi connectivity index (χ1) is 16.6. The van der Waals surface area contributed by atoms with Gasteiger partial charge in [0.25, 0.3) is 0 Å². The predicted octanol–water partition coefficient (Wildman–Crippen LogP) is 4.46. The summed E-state index contributed by atoms with van der Waals surface area (Å²) < 4.78 is 9.25. The molecule has 3 aromatic rings. The van der Waals surface area contributed by atoms with Gasteiger partial charge in [0, 0.05) is 42.0 Å². The van der Waals surface area contributed by atoms with Crippen molar-refractivity contribution < 1.29 is 14.9 Å². The highest BCUT2D eigenvalue weighted by molar-refractivity contribution is 5.87. The molecule has 2 N–H and O–H groups in total. The van der Waals surface area contributed by atoms with E-state index in [1.54, 1.807) is 6.07 Å². The van der Waals surface area contributed by atoms with Gasteiger partial charge in [0.05, 0.1) is 16.7 Å². The number of aromatic nitrogens is 1. The van der Waals surface area contributed by atoms with Gasteiger partial charge in [-0.05, 0) is 67.8 Å². The van der Waals surface area contributed by atoms with E-state index < -0.39 is 11.0 Å². The first kappa shape index (κ1) is 19.8. The van der Waals surface area contributed by atoms with Crippen LogP contribution < -0.4 is 4.74 Å². The van der Waals surface area contributed by atoms with Crippen molar-refractivity contribution in [2.45, 2.75) is 75.2 Å². The van der Waals surface area contributed by atoms with Gasteiger partial charge in [-0.2, -0.15) is 0 Å². The van der Waals surface area contributed by atoms with Crippen LogP contribution in [0.3, 0.4) is 0 Å². The SMILES string of the molecule is CCCn1c2c(c3ccccc31)C[C@@]1(O)[C@H]3Cc4ccc(O)c5c4[C@@]1(CCN3CC1CC1)[C@H]2O5. The Bertz CT molecular complexity index is 1360. The second kappa shape index (κ2) is 6.38. The van der Waals surface area contributed by atoms with Gasteiger partial charge in [0.1, 0.15) is 0 Å². The van der Waals surface area contributed by atoms with E-state index in [1.165, 1.54) is 40.6 Å². The molecule has 0 amide bonds. The number of aromatic hydroxyl groups is 1. The number of piperidine rings is 1. The number of likely N-dealkylation sites (tertiary alicyclic amines) is 1. The second-order valence-corrected chi connectivity index (χ2v) is 11.5. The van der Waals surface area contributed by atoms with Gasteiger partial charge < -0.3 is 19.5 Å². The van der Waals surface area contributed by atoms with Crippen molar-refractivity contribution >= 4 is 10.9 Å². The lowest BCUT2D eigenvalue weighted by Crippen LogP contribution is -2.74. The minimum atomic E-state index is -0.912. The zero-order valence-electron chi connectivity index (χ0n) is 19.8. The molecule has 2 aliphatic heterocycles. The number of ether oxygens (including phenoxy) is 1. The summed E-state index contributed by atoms with van der Waals surface area (Å²) in [5.41, 5.74) is 4.65. The molecule has 1 saturated carbocycles. The van der Waals surface area contributed by atoms with Crippen LogP contribution in [0.5, 0.6) is 11.5 Å². The Labute approximate surface area is 199 Å². The molecule has 5 heteroatoms. The Balaban J connectivity index is 1.43. The Hall–Kier alpha value is -2.50. The summed E-state index contributed by atoms with van der Waals surface area (Å²) in [7, 11) is 0. The lowest BCUT2D eigenvalue weighted by molar-refractivity contribution is -0.173. The number of hydrogen-bond acceptors (Lipinski definition) is 4. The van der Waals surface area contributed by atoms with Crippen LogP contribution in [0.25, 0.3) is 10.9 Å². The third kappa shape index (κ3) is 2.15. The maximum Gasteiger partial charge on any atom is 0.166 e. The van der Waals surface area contributed by atoms with Crippen LogP contribution >= 0.6 is 0 Å². The fourth-order valence-electron chi connectivity index (χ4n) is 8.27. The predicted molar refractivity (Wildman–Crippen MR) is 130 cm³/mol. The van der Waals surface area contributed by atoms with Crippen LogP contribution in [0.15, 0.2) is 36.4 Å². The summed E-state index contributed by atoms with van der Waals surface area (Å²) in [6, 6.07) is 12.6. The van der Waals surface area contributed by atoms with Crippen LogP contribution in [0, 0.1) is 5.92 Å². The standard InChI is InChI=1S/C29H32N2O3/c1-2-12-31-21-6-4-3-5-19(21)20-15-29(33)23-14-18-9-10-22(32)26-24(18)28(29,27(34-26)25(20)31)11-13-30(23)16-17-7-8-17/h3-6,9-10,17,23,27,32-33H,2,7-8,11-16H2,1H3/t23-,27+,28+,29-/m1/s1. The molecule has 1 aromatic heterocycles. The first-order valence-corrected chi connectivity index (χ1v) is 13.1. The summed E-state index contributed by atoms with van der Waals surface area (Å²) in [6.07, 6.45) is 5.76. The molecule has 1 saturated heterocycles. The zero-order chi connectivity index (χ0) is 22.8. The third-order valence-corrected chi connectivity index (χ3v) is 9.78. The van der Waals surface area contributed by atoms with Crippen LogP contribution in [0.2, 0.25) is 0 Å². The maximum absolute atomic E-state index is 12.9. The van der Waals surface area contributed by atoms with Gasteiger partial charge in [-0.25, -0.2) is 0 Å². The number of para-hydroxylation sites is 1. The average Bonchev–Trinajstić information content (AvgIpc) is 3.51. The highest BCUT2D eigenvalue weighted by Crippen LogP contribution is 2.69. The lowest BCUT2D eigenvalue weighted by atomic mass is 9.49. The molecule has 2 bridgehead atoms. The number of hydrogen-bond donors (Lipinski definition) is 2. The molecule has 176 valence electrons. The van der Waals surface area contributed by atoms with Crippen molar-refractivity contribution in [1.29, 1.82) is 0 Å². The average molecular weight is 457 g/mol. The molecule has 4 atom stereocenters. The van der Waals surface area contributed by atoms with Gasteiger partial charge in [-0.15, -0.1) is 0 Å². The van der Waals surface area contributed by atoms with E-state index in [0.717, 1.165) is 50.4 Å². The van der Waals surface area contributed by atoms with Crippen molar-refractivity contribution in [1.82, 2.24) is 9.47 Å². The van der Waals surface area contributed by atoms with Gasteiger partial charge in [-0.3, -0.25) is 4.90 Å². The number of fused-ring (bicyclic) bond motifs is 4. The van der Waals surface area contributed by atoms with E-state index in [0.29, 0.717) is 12.2 Å². The first-order valence-electron chi connectivity index (χ1n) is 13.1.